The average Bonchev–Trinajstić information content (AvgIpc) is 1.43. The third-order valence-electron chi connectivity index (χ3n) is 24.5. The van der Waals surface area contributed by atoms with Gasteiger partial charge in [0.05, 0.1) is 90.4 Å². The first-order valence-electron chi connectivity index (χ1n) is 44.3. The van der Waals surface area contributed by atoms with E-state index in [-0.39, 0.29) is 47.4 Å². The summed E-state index contributed by atoms with van der Waals surface area (Å²) in [5.74, 6) is 3.43. The molecule has 0 fully saturated rings. The highest BCUT2D eigenvalue weighted by molar-refractivity contribution is 5.70. The van der Waals surface area contributed by atoms with Crippen LogP contribution in [0.2, 0.25) is 0 Å². The van der Waals surface area contributed by atoms with Crippen LogP contribution in [0.4, 0.5) is 39.3 Å². The number of nitrogens with zero attached hydrogens (tertiary/aromatic N) is 21. The molecule has 15 heterocycles. The van der Waals surface area contributed by atoms with Crippen molar-refractivity contribution in [1.82, 2.24) is 109 Å². The Morgan fingerprint density at radius 1 is 0.381 bits per heavy atom. The quantitative estimate of drug-likeness (QED) is 0.0420. The van der Waals surface area contributed by atoms with Crippen LogP contribution in [0.1, 0.15) is 106 Å². The Kier molecular flexibility index (Phi) is 28.3. The predicted molar refractivity (Wildman–Crippen MR) is 516 cm³/mol. The molecule has 5 aliphatic heterocycles. The molecule has 0 saturated carbocycles. The van der Waals surface area contributed by atoms with Crippen molar-refractivity contribution in [2.24, 2.45) is 0 Å². The van der Waals surface area contributed by atoms with E-state index in [1.54, 1.807) is 67.9 Å². The highest BCUT2D eigenvalue weighted by Gasteiger charge is 2.26. The Morgan fingerprint density at radius 2 is 0.746 bits per heavy atom. The predicted octanol–water partition coefficient (Wildman–Crippen LogP) is 13.5. The molecule has 0 radical (unpaired) electrons. The number of aromatic nitrogens is 17. The van der Waals surface area contributed by atoms with E-state index < -0.39 is 5.82 Å². The molecule has 0 amide bonds. The largest absolute Gasteiger partial charge is 0.505 e. The van der Waals surface area contributed by atoms with Crippen LogP contribution >= 0.6 is 0 Å². The number of aryl methyl sites for hydroxylation is 6. The third kappa shape index (κ3) is 22.2. The van der Waals surface area contributed by atoms with Crippen molar-refractivity contribution in [2.75, 3.05) is 102 Å². The molecule has 0 bridgehead atoms. The molecule has 0 spiro atoms. The molecule has 0 aliphatic carbocycles. The molecule has 688 valence electrons. The molecule has 33 nitrogen and oxygen atoms in total. The lowest BCUT2D eigenvalue weighted by atomic mass is 9.92. The van der Waals surface area contributed by atoms with Crippen LogP contribution < -0.4 is 53.3 Å². The molecule has 34 heteroatoms. The molecular weight excluding hydrogens is 1690 g/mol. The minimum atomic E-state index is -0.431. The van der Waals surface area contributed by atoms with Gasteiger partial charge in [0.25, 0.3) is 23.5 Å². The van der Waals surface area contributed by atoms with Crippen molar-refractivity contribution < 1.29 is 28.4 Å². The zero-order valence-corrected chi connectivity index (χ0v) is 77.2. The Hall–Kier alpha value is -15.1. The molecule has 20 rings (SSSR count). The van der Waals surface area contributed by atoms with Gasteiger partial charge in [0.15, 0.2) is 46.4 Å². The van der Waals surface area contributed by atoms with Gasteiger partial charge in [-0.3, -0.25) is 15.1 Å². The van der Waals surface area contributed by atoms with Gasteiger partial charge in [0.1, 0.15) is 31.5 Å². The van der Waals surface area contributed by atoms with Crippen LogP contribution in [0.15, 0.2) is 172 Å². The minimum absolute atomic E-state index is 0.00466. The molecule has 0 unspecified atom stereocenters. The maximum atomic E-state index is 13.8. The lowest BCUT2D eigenvalue weighted by molar-refractivity contribution is 0.289. The summed E-state index contributed by atoms with van der Waals surface area (Å²) in [6.45, 7) is 23.6. The van der Waals surface area contributed by atoms with Crippen LogP contribution in [-0.4, -0.2) is 182 Å². The second-order valence-electron chi connectivity index (χ2n) is 34.7. The standard InChI is InChI=1S/C22H25N5O.C21H22FN5O.C21H24N6O.2C18H20N6O/c1-14-8-17(9-18-12-27(3)7-5-19(14)18)20-11-25-21(23)22(26-20)28-13-16-4-6-24-10-15(16)2;1-13-7-15(8-16-11-27(2)6-4-17(13)16)19-10-25-20(23)21(26-19)28-12-14-3-5-24-9-18(14)22;1-13-7-15(9-16-11-27(2)6-4-17(13)16)18-10-25-20(23)21(26-18)28-12-14-3-5-24-19(22)8-14;1-11-5-12(6-13-10-24(2)4-3-15(11)13)16-9-20-17(19)18(23-16)25-14-7-21-22-8-14;1-11-5-12(6-13-9-23(2)4-3-15(11)13)16-8-20-17(19)18(22-16)24-10-14(25)7-21-24/h4,6,8-11H,5,7,12-13H2,1-3H3,(H2,23,25);3,5,7-10H,4,6,11-12H2,1-2H3,(H2,23,25);3,5,7-10H,4,6,11-12H2,1-2H3,(H2,22,24)(H2,23,25);5-9H,3-4,10H2,1-2H3,(H2,19,20)(H,21,22);5-8,10,25H,3-4,9H2,1-2H3,(H2,19,20). The van der Waals surface area contributed by atoms with Crippen LogP contribution in [0.3, 0.4) is 0 Å². The lowest BCUT2D eigenvalue weighted by Crippen LogP contribution is -2.27. The fourth-order valence-electron chi connectivity index (χ4n) is 17.3. The molecule has 14 N–H and O–H groups in total. The zero-order valence-electron chi connectivity index (χ0n) is 77.2. The molecule has 5 aromatic carbocycles. The summed E-state index contributed by atoms with van der Waals surface area (Å²) in [7, 11) is 10.7. The summed E-state index contributed by atoms with van der Waals surface area (Å²) >= 11 is 0. The van der Waals surface area contributed by atoms with Crippen molar-refractivity contribution in [3.63, 3.8) is 0 Å². The second kappa shape index (κ2) is 41.1. The number of aromatic hydroxyl groups is 1. The monoisotopic (exact) mass is 1800 g/mol. The number of hydrogen-bond donors (Lipinski definition) is 8. The molecular formula is C100H111FN28O5. The second-order valence-corrected chi connectivity index (χ2v) is 34.7. The van der Waals surface area contributed by atoms with E-state index in [1.807, 2.05) is 25.3 Å². The number of aromatic amines is 1. The number of nitrogens with one attached hydrogen (secondary N) is 1. The van der Waals surface area contributed by atoms with Crippen LogP contribution in [-0.2, 0) is 84.6 Å². The molecule has 10 aromatic heterocycles. The Balaban J connectivity index is 0.000000122. The number of nitrogens with two attached hydrogens (primary N) is 6. The number of benzene rings is 5. The molecule has 0 saturated heterocycles. The summed E-state index contributed by atoms with van der Waals surface area (Å²) in [5, 5.41) is 20.1. The van der Waals surface area contributed by atoms with Gasteiger partial charge in [-0.25, -0.2) is 63.9 Å². The number of anilines is 6. The lowest BCUT2D eigenvalue weighted by Gasteiger charge is -2.27. The summed E-state index contributed by atoms with van der Waals surface area (Å²) in [6.07, 6.45) is 27.7. The average molecular weight is 1800 g/mol. The number of halogens is 1. The van der Waals surface area contributed by atoms with Crippen LogP contribution in [0.5, 0.6) is 35.0 Å². The number of hydrogen-bond acceptors (Lipinski definition) is 31. The van der Waals surface area contributed by atoms with Gasteiger partial charge in [-0.1, -0.05) is 0 Å². The summed E-state index contributed by atoms with van der Waals surface area (Å²) < 4.78 is 38.2. The van der Waals surface area contributed by atoms with Gasteiger partial charge in [-0.15, -0.1) is 0 Å². The van der Waals surface area contributed by atoms with Gasteiger partial charge >= 0.3 is 0 Å². The van der Waals surface area contributed by atoms with Gasteiger partial charge in [-0.2, -0.15) is 10.2 Å². The zero-order chi connectivity index (χ0) is 94.0. The third-order valence-corrected chi connectivity index (χ3v) is 24.5. The van der Waals surface area contributed by atoms with E-state index in [0.29, 0.717) is 59.4 Å². The first kappa shape index (κ1) is 92.2. The van der Waals surface area contributed by atoms with E-state index >= 15 is 0 Å². The van der Waals surface area contributed by atoms with Crippen molar-refractivity contribution in [3.8, 4) is 97.1 Å². The first-order valence-corrected chi connectivity index (χ1v) is 44.3. The highest BCUT2D eigenvalue weighted by atomic mass is 19.1. The number of ether oxygens (including phenoxy) is 4. The van der Waals surface area contributed by atoms with E-state index in [9.17, 15) is 9.50 Å². The molecule has 15 aromatic rings. The van der Waals surface area contributed by atoms with Crippen molar-refractivity contribution >= 4 is 34.9 Å². The fraction of sp³-hybridized carbons (Fsp3) is 0.290. The van der Waals surface area contributed by atoms with Gasteiger partial charge in [0, 0.05) is 124 Å². The van der Waals surface area contributed by atoms with Gasteiger partial charge in [0.2, 0.25) is 0 Å². The molecule has 5 aliphatic rings. The summed E-state index contributed by atoms with van der Waals surface area (Å²) in [6, 6.07) is 28.8. The Morgan fingerprint density at radius 3 is 1.12 bits per heavy atom. The number of likely N-dealkylation sites (N-methyl/N-ethyl adjacent to an activating group) is 5. The van der Waals surface area contributed by atoms with E-state index in [4.69, 9.17) is 53.3 Å². The van der Waals surface area contributed by atoms with E-state index in [2.05, 4.69) is 235 Å². The van der Waals surface area contributed by atoms with Crippen molar-refractivity contribution in [3.05, 3.63) is 283 Å². The number of nitrogen functional groups attached to an aromatic ring is 6. The van der Waals surface area contributed by atoms with Crippen LogP contribution in [0, 0.1) is 47.4 Å². The highest BCUT2D eigenvalue weighted by Crippen LogP contribution is 2.38. The Labute approximate surface area is 777 Å². The first-order chi connectivity index (χ1) is 64.6. The molecule has 0 atom stereocenters. The topological polar surface area (TPSA) is 444 Å². The Bertz CT molecular complexity index is 6610. The number of H-pyrrole nitrogens is 1. The maximum absolute atomic E-state index is 13.8. The SMILES string of the molecule is Cc1cc(-c2cnc(N)c(-n3cc(O)cn3)n2)cc2c1CCN(C)C2.Cc1cc(-c2cnc(N)c(OCc3ccnc(N)c3)n2)cc2c1CCN(C)C2.Cc1cc(-c2cnc(N)c(OCc3ccncc3F)n2)cc2c1CCN(C)C2.Cc1cc(-c2cnc(N)c(Oc3cn[nH]c3)n2)cc2c1CCN(C)C2.Cc1cnccc1COc1nc(-c2cc(C)c3c(c2)CN(C)CC3)cnc1N. The van der Waals surface area contributed by atoms with E-state index in [1.165, 1.54) is 107 Å². The minimum Gasteiger partial charge on any atom is -0.505 e. The van der Waals surface area contributed by atoms with E-state index in [0.717, 1.165) is 171 Å². The van der Waals surface area contributed by atoms with Gasteiger partial charge < -0.3 is 83.0 Å². The van der Waals surface area contributed by atoms with Crippen molar-refractivity contribution in [1.29, 1.82) is 0 Å². The number of fused-ring (bicyclic) bond motifs is 5. The van der Waals surface area contributed by atoms with Crippen molar-refractivity contribution in [2.45, 2.75) is 126 Å². The fourth-order valence-corrected chi connectivity index (χ4v) is 17.3. The smallest absolute Gasteiger partial charge is 0.263 e. The summed E-state index contributed by atoms with van der Waals surface area (Å²) in [5.41, 5.74) is 67.9. The van der Waals surface area contributed by atoms with Crippen LogP contribution in [0.25, 0.3) is 62.1 Å². The normalized spacial score (nSPS) is 14.1. The summed E-state index contributed by atoms with van der Waals surface area (Å²) in [4.78, 5) is 67.8. The number of pyridine rings is 3. The van der Waals surface area contributed by atoms with Gasteiger partial charge in [-0.05, 0) is 294 Å². The maximum Gasteiger partial charge on any atom is 0.263 e. The molecule has 134 heavy (non-hydrogen) atoms. The number of rotatable bonds is 17.